The minimum atomic E-state index is -0.107. The number of anilines is 1. The van der Waals surface area contributed by atoms with Crippen LogP contribution in [-0.2, 0) is 5.41 Å². The average Bonchev–Trinajstić information content (AvgIpc) is 2.42. The molecule has 0 aliphatic heterocycles. The summed E-state index contributed by atoms with van der Waals surface area (Å²) < 4.78 is 0.788. The molecule has 0 saturated heterocycles. The minimum absolute atomic E-state index is 0.0815. The molecule has 0 aliphatic carbocycles. The van der Waals surface area contributed by atoms with Crippen LogP contribution in [0, 0.1) is 6.92 Å². The van der Waals surface area contributed by atoms with E-state index in [9.17, 15) is 4.79 Å². The Labute approximate surface area is 133 Å². The summed E-state index contributed by atoms with van der Waals surface area (Å²) in [5.74, 6) is -0.107. The molecule has 110 valence electrons. The summed E-state index contributed by atoms with van der Waals surface area (Å²) in [6, 6.07) is 9.60. The van der Waals surface area contributed by atoms with Gasteiger partial charge in [0.15, 0.2) is 0 Å². The van der Waals surface area contributed by atoms with Crippen LogP contribution in [0.5, 0.6) is 0 Å². The summed E-state index contributed by atoms with van der Waals surface area (Å²) in [5, 5.41) is 2.92. The third-order valence-electron chi connectivity index (χ3n) is 3.25. The van der Waals surface area contributed by atoms with Gasteiger partial charge in [-0.15, -0.1) is 0 Å². The Balaban J connectivity index is 2.31. The number of nitrogens with one attached hydrogen (secondary N) is 1. The fourth-order valence-electron chi connectivity index (χ4n) is 2.16. The second-order valence-electron chi connectivity index (χ2n) is 6.08. The Kier molecular flexibility index (Phi) is 4.47. The van der Waals surface area contributed by atoms with Crippen molar-refractivity contribution in [2.75, 3.05) is 5.32 Å². The van der Waals surface area contributed by atoms with Crippen molar-refractivity contribution < 1.29 is 4.79 Å². The highest BCUT2D eigenvalue weighted by Gasteiger charge is 2.21. The highest BCUT2D eigenvalue weighted by atomic mass is 79.9. The van der Waals surface area contributed by atoms with Crippen molar-refractivity contribution in [2.24, 2.45) is 0 Å². The van der Waals surface area contributed by atoms with Gasteiger partial charge in [-0.2, -0.15) is 0 Å². The SMILES string of the molecule is Cc1cc(NC(=O)c2ccccc2C(C)(C)C)cnc1Br. The highest BCUT2D eigenvalue weighted by Crippen LogP contribution is 2.26. The van der Waals surface area contributed by atoms with E-state index in [1.165, 1.54) is 0 Å². The molecular weight excluding hydrogens is 328 g/mol. The zero-order chi connectivity index (χ0) is 15.6. The van der Waals surface area contributed by atoms with Gasteiger partial charge in [-0.05, 0) is 51.5 Å². The number of nitrogens with zero attached hydrogens (tertiary/aromatic N) is 1. The van der Waals surface area contributed by atoms with E-state index in [2.05, 4.69) is 47.0 Å². The van der Waals surface area contributed by atoms with Crippen molar-refractivity contribution in [3.63, 3.8) is 0 Å². The Morgan fingerprint density at radius 3 is 2.52 bits per heavy atom. The van der Waals surface area contributed by atoms with Crippen LogP contribution >= 0.6 is 15.9 Å². The van der Waals surface area contributed by atoms with Gasteiger partial charge in [0.1, 0.15) is 4.60 Å². The third kappa shape index (κ3) is 3.70. The zero-order valence-corrected chi connectivity index (χ0v) is 14.3. The lowest BCUT2D eigenvalue weighted by atomic mass is 9.83. The molecule has 1 heterocycles. The van der Waals surface area contributed by atoms with E-state index in [0.29, 0.717) is 11.3 Å². The van der Waals surface area contributed by atoms with Crippen molar-refractivity contribution in [3.05, 3.63) is 57.8 Å². The lowest BCUT2D eigenvalue weighted by Crippen LogP contribution is -2.21. The minimum Gasteiger partial charge on any atom is -0.321 e. The van der Waals surface area contributed by atoms with Gasteiger partial charge in [0.05, 0.1) is 11.9 Å². The fraction of sp³-hybridized carbons (Fsp3) is 0.294. The fourth-order valence-corrected chi connectivity index (χ4v) is 2.38. The molecule has 0 spiro atoms. The molecule has 3 nitrogen and oxygen atoms in total. The number of halogens is 1. The lowest BCUT2D eigenvalue weighted by molar-refractivity contribution is 0.102. The normalized spacial score (nSPS) is 11.3. The monoisotopic (exact) mass is 346 g/mol. The van der Waals surface area contributed by atoms with E-state index in [1.54, 1.807) is 6.20 Å². The molecule has 0 unspecified atom stereocenters. The summed E-state index contributed by atoms with van der Waals surface area (Å²) in [5.41, 5.74) is 3.33. The van der Waals surface area contributed by atoms with Gasteiger partial charge in [-0.1, -0.05) is 39.0 Å². The summed E-state index contributed by atoms with van der Waals surface area (Å²) in [6.07, 6.45) is 1.65. The van der Waals surface area contributed by atoms with Crippen LogP contribution in [0.3, 0.4) is 0 Å². The Bertz CT molecular complexity index is 675. The van der Waals surface area contributed by atoms with Gasteiger partial charge in [-0.25, -0.2) is 4.98 Å². The van der Waals surface area contributed by atoms with Gasteiger partial charge in [-0.3, -0.25) is 4.79 Å². The second kappa shape index (κ2) is 5.98. The molecule has 2 aromatic rings. The topological polar surface area (TPSA) is 42.0 Å². The molecule has 1 N–H and O–H groups in total. The largest absolute Gasteiger partial charge is 0.321 e. The van der Waals surface area contributed by atoms with Crippen LogP contribution in [0.2, 0.25) is 0 Å². The standard InChI is InChI=1S/C17H19BrN2O/c1-11-9-12(10-19-15(11)18)20-16(21)13-7-5-6-8-14(13)17(2,3)4/h5-10H,1-4H3,(H,20,21). The zero-order valence-electron chi connectivity index (χ0n) is 12.7. The van der Waals surface area contributed by atoms with Crippen LogP contribution < -0.4 is 5.32 Å². The van der Waals surface area contributed by atoms with Crippen LogP contribution in [0.4, 0.5) is 5.69 Å². The maximum absolute atomic E-state index is 12.5. The van der Waals surface area contributed by atoms with Crippen molar-refractivity contribution in [2.45, 2.75) is 33.1 Å². The molecule has 1 aromatic heterocycles. The Morgan fingerprint density at radius 1 is 1.24 bits per heavy atom. The molecule has 0 fully saturated rings. The molecule has 0 bridgehead atoms. The number of carbonyl (C=O) groups is 1. The van der Waals surface area contributed by atoms with Crippen LogP contribution in [0.1, 0.15) is 42.3 Å². The lowest BCUT2D eigenvalue weighted by Gasteiger charge is -2.22. The van der Waals surface area contributed by atoms with Gasteiger partial charge >= 0.3 is 0 Å². The number of hydrogen-bond donors (Lipinski definition) is 1. The number of hydrogen-bond acceptors (Lipinski definition) is 2. The molecule has 0 radical (unpaired) electrons. The number of amides is 1. The third-order valence-corrected chi connectivity index (χ3v) is 4.08. The van der Waals surface area contributed by atoms with Crippen molar-refractivity contribution in [1.29, 1.82) is 0 Å². The van der Waals surface area contributed by atoms with E-state index in [-0.39, 0.29) is 11.3 Å². The summed E-state index contributed by atoms with van der Waals surface area (Å²) in [4.78, 5) is 16.7. The molecule has 2 rings (SSSR count). The summed E-state index contributed by atoms with van der Waals surface area (Å²) >= 11 is 3.35. The number of pyridine rings is 1. The number of benzene rings is 1. The molecule has 1 amide bonds. The first kappa shape index (κ1) is 15.7. The van der Waals surface area contributed by atoms with Crippen LogP contribution in [0.25, 0.3) is 0 Å². The molecular formula is C17H19BrN2O. The van der Waals surface area contributed by atoms with Crippen LogP contribution in [0.15, 0.2) is 41.1 Å². The van der Waals surface area contributed by atoms with Gasteiger partial charge in [0, 0.05) is 5.56 Å². The first-order valence-electron chi connectivity index (χ1n) is 6.82. The molecule has 0 saturated carbocycles. The van der Waals surface area contributed by atoms with E-state index < -0.39 is 0 Å². The second-order valence-corrected chi connectivity index (χ2v) is 6.83. The molecule has 0 atom stereocenters. The average molecular weight is 347 g/mol. The van der Waals surface area contributed by atoms with Crippen LogP contribution in [-0.4, -0.2) is 10.9 Å². The smallest absolute Gasteiger partial charge is 0.256 e. The van der Waals surface area contributed by atoms with Crippen molar-refractivity contribution >= 4 is 27.5 Å². The number of carbonyl (C=O) groups excluding carboxylic acids is 1. The van der Waals surface area contributed by atoms with E-state index in [1.807, 2.05) is 37.3 Å². The van der Waals surface area contributed by atoms with E-state index in [0.717, 1.165) is 15.7 Å². The predicted octanol–water partition coefficient (Wildman–Crippen LogP) is 4.70. The van der Waals surface area contributed by atoms with Gasteiger partial charge in [0.2, 0.25) is 0 Å². The number of aryl methyl sites for hydroxylation is 1. The van der Waals surface area contributed by atoms with E-state index >= 15 is 0 Å². The maximum atomic E-state index is 12.5. The first-order chi connectivity index (χ1) is 9.79. The van der Waals surface area contributed by atoms with Gasteiger partial charge < -0.3 is 5.32 Å². The summed E-state index contributed by atoms with van der Waals surface area (Å²) in [7, 11) is 0. The molecule has 1 aromatic carbocycles. The Hall–Kier alpha value is -1.68. The predicted molar refractivity (Wildman–Crippen MR) is 89.8 cm³/mol. The molecule has 4 heteroatoms. The van der Waals surface area contributed by atoms with Gasteiger partial charge in [0.25, 0.3) is 5.91 Å². The number of aromatic nitrogens is 1. The van der Waals surface area contributed by atoms with Crippen molar-refractivity contribution in [1.82, 2.24) is 4.98 Å². The first-order valence-corrected chi connectivity index (χ1v) is 7.61. The maximum Gasteiger partial charge on any atom is 0.256 e. The molecule has 21 heavy (non-hydrogen) atoms. The van der Waals surface area contributed by atoms with E-state index in [4.69, 9.17) is 0 Å². The number of rotatable bonds is 2. The highest BCUT2D eigenvalue weighted by molar-refractivity contribution is 9.10. The summed E-state index contributed by atoms with van der Waals surface area (Å²) in [6.45, 7) is 8.25. The Morgan fingerprint density at radius 2 is 1.90 bits per heavy atom. The quantitative estimate of drug-likeness (QED) is 0.800. The molecule has 0 aliphatic rings. The van der Waals surface area contributed by atoms with Crippen molar-refractivity contribution in [3.8, 4) is 0 Å².